The van der Waals surface area contributed by atoms with Gasteiger partial charge in [-0.3, -0.25) is 0 Å². The first-order valence-electron chi connectivity index (χ1n) is 4.73. The fraction of sp³-hybridized carbons (Fsp3) is 0.200. The van der Waals surface area contributed by atoms with Crippen LogP contribution in [-0.4, -0.2) is 26.6 Å². The van der Waals surface area contributed by atoms with Gasteiger partial charge in [0.15, 0.2) is 0 Å². The minimum absolute atomic E-state index is 0.0158. The molecule has 2 aromatic rings. The number of methoxy groups -OCH3 is 1. The molecular weight excluding hydrogens is 246 g/mol. The predicted octanol–water partition coefficient (Wildman–Crippen LogP) is 0.939. The molecule has 17 heavy (non-hydrogen) atoms. The van der Waals surface area contributed by atoms with Gasteiger partial charge < -0.3 is 9.84 Å². The number of hydrogen-bond donors (Lipinski definition) is 1. The molecule has 1 heterocycles. The number of hydrogen-bond acceptors (Lipinski definition) is 4. The summed E-state index contributed by atoms with van der Waals surface area (Å²) in [6.45, 7) is 0. The third-order valence-corrected chi connectivity index (χ3v) is 2.55. The lowest BCUT2D eigenvalue weighted by atomic mass is 10.2. The van der Waals surface area contributed by atoms with Crippen LogP contribution in [0, 0.1) is 0 Å². The summed E-state index contributed by atoms with van der Waals surface area (Å²) in [6.07, 6.45) is 0. The van der Waals surface area contributed by atoms with Crippen molar-refractivity contribution in [3.8, 4) is 17.2 Å². The molecule has 0 bridgehead atoms. The second-order valence-corrected chi connectivity index (χ2v) is 3.70. The van der Waals surface area contributed by atoms with E-state index >= 15 is 0 Å². The number of benzene rings is 1. The van der Waals surface area contributed by atoms with Crippen LogP contribution in [-0.2, 0) is 7.05 Å². The van der Waals surface area contributed by atoms with Crippen molar-refractivity contribution in [2.75, 3.05) is 7.11 Å². The summed E-state index contributed by atoms with van der Waals surface area (Å²) in [7, 11) is 2.96. The molecule has 7 heteroatoms. The van der Waals surface area contributed by atoms with Crippen molar-refractivity contribution >= 4 is 11.6 Å². The number of aromatic hydroxyl groups is 1. The van der Waals surface area contributed by atoms with Crippen LogP contribution in [0.25, 0.3) is 5.69 Å². The molecule has 90 valence electrons. The average Bonchev–Trinajstić information content (AvgIpc) is 2.54. The van der Waals surface area contributed by atoms with Crippen molar-refractivity contribution in [3.63, 3.8) is 0 Å². The highest BCUT2D eigenvalue weighted by molar-refractivity contribution is 6.28. The Morgan fingerprint density at radius 3 is 2.65 bits per heavy atom. The molecule has 0 spiro atoms. The molecular formula is C10H10ClN3O3. The molecule has 0 saturated carbocycles. The van der Waals surface area contributed by atoms with E-state index in [1.54, 1.807) is 6.07 Å². The number of aryl methyl sites for hydroxylation is 1. The average molecular weight is 256 g/mol. The van der Waals surface area contributed by atoms with Crippen molar-refractivity contribution in [2.24, 2.45) is 7.05 Å². The van der Waals surface area contributed by atoms with Gasteiger partial charge in [0.1, 0.15) is 11.5 Å². The molecule has 0 radical (unpaired) electrons. The number of ether oxygens (including phenoxy) is 1. The van der Waals surface area contributed by atoms with Crippen molar-refractivity contribution < 1.29 is 9.84 Å². The number of phenolic OH excluding ortho intramolecular Hbond substituents is 1. The molecule has 0 fully saturated rings. The maximum Gasteiger partial charge on any atom is 0.351 e. The summed E-state index contributed by atoms with van der Waals surface area (Å²) >= 11 is 5.82. The van der Waals surface area contributed by atoms with Crippen molar-refractivity contribution in [2.45, 2.75) is 0 Å². The van der Waals surface area contributed by atoms with Crippen LogP contribution in [0.5, 0.6) is 11.5 Å². The number of aromatic nitrogens is 3. The Kier molecular flexibility index (Phi) is 2.81. The van der Waals surface area contributed by atoms with Gasteiger partial charge in [-0.1, -0.05) is 0 Å². The van der Waals surface area contributed by atoms with E-state index < -0.39 is 5.69 Å². The number of rotatable bonds is 2. The van der Waals surface area contributed by atoms with Crippen molar-refractivity contribution in [1.29, 1.82) is 0 Å². The van der Waals surface area contributed by atoms with E-state index in [4.69, 9.17) is 16.3 Å². The quantitative estimate of drug-likeness (QED) is 0.867. The van der Waals surface area contributed by atoms with E-state index in [0.29, 0.717) is 5.75 Å². The first-order valence-corrected chi connectivity index (χ1v) is 5.11. The number of nitrogens with zero attached hydrogens (tertiary/aromatic N) is 3. The molecule has 0 amide bonds. The Morgan fingerprint density at radius 2 is 2.18 bits per heavy atom. The Hall–Kier alpha value is -1.95. The molecule has 1 aromatic heterocycles. The fourth-order valence-corrected chi connectivity index (χ4v) is 1.73. The Morgan fingerprint density at radius 1 is 1.47 bits per heavy atom. The molecule has 0 aliphatic heterocycles. The SMILES string of the molecule is COc1ccc(-n2c(Cl)nn(C)c2=O)c(O)c1. The zero-order chi connectivity index (χ0) is 12.6. The lowest BCUT2D eigenvalue weighted by molar-refractivity contribution is 0.407. The van der Waals surface area contributed by atoms with Crippen LogP contribution < -0.4 is 10.4 Å². The van der Waals surface area contributed by atoms with E-state index in [-0.39, 0.29) is 16.7 Å². The molecule has 6 nitrogen and oxygen atoms in total. The molecule has 0 aliphatic carbocycles. The highest BCUT2D eigenvalue weighted by Crippen LogP contribution is 2.27. The normalized spacial score (nSPS) is 10.5. The topological polar surface area (TPSA) is 69.3 Å². The van der Waals surface area contributed by atoms with Crippen LogP contribution in [0.3, 0.4) is 0 Å². The predicted molar refractivity (Wildman–Crippen MR) is 62.0 cm³/mol. The lowest BCUT2D eigenvalue weighted by Crippen LogP contribution is -2.21. The van der Waals surface area contributed by atoms with Gasteiger partial charge in [-0.2, -0.15) is 0 Å². The summed E-state index contributed by atoms with van der Waals surface area (Å²) in [5.74, 6) is 0.376. The zero-order valence-electron chi connectivity index (χ0n) is 9.22. The second kappa shape index (κ2) is 4.14. The van der Waals surface area contributed by atoms with Gasteiger partial charge in [0.05, 0.1) is 12.8 Å². The largest absolute Gasteiger partial charge is 0.506 e. The van der Waals surface area contributed by atoms with E-state index in [1.807, 2.05) is 0 Å². The molecule has 0 atom stereocenters. The minimum Gasteiger partial charge on any atom is -0.506 e. The molecule has 0 unspecified atom stereocenters. The summed E-state index contributed by atoms with van der Waals surface area (Å²) in [6, 6.07) is 4.54. The van der Waals surface area contributed by atoms with Crippen molar-refractivity contribution in [1.82, 2.24) is 14.3 Å². The fourth-order valence-electron chi connectivity index (χ4n) is 1.46. The van der Waals surface area contributed by atoms with Crippen LogP contribution in [0.4, 0.5) is 0 Å². The maximum atomic E-state index is 11.7. The summed E-state index contributed by atoms with van der Waals surface area (Å²) < 4.78 is 7.15. The second-order valence-electron chi connectivity index (χ2n) is 3.37. The van der Waals surface area contributed by atoms with Gasteiger partial charge >= 0.3 is 5.69 Å². The van der Waals surface area contributed by atoms with Gasteiger partial charge in [0, 0.05) is 13.1 Å². The Balaban J connectivity index is 2.65. The number of phenols is 1. The third kappa shape index (κ3) is 1.87. The summed E-state index contributed by atoms with van der Waals surface area (Å²) in [5.41, 5.74) is -0.177. The first-order chi connectivity index (χ1) is 8.04. The summed E-state index contributed by atoms with van der Waals surface area (Å²) in [5, 5.41) is 13.5. The Labute approximate surface area is 102 Å². The standard InChI is InChI=1S/C10H10ClN3O3/c1-13-10(16)14(9(11)12-13)7-4-3-6(17-2)5-8(7)15/h3-5,15H,1-2H3. The molecule has 1 aromatic carbocycles. The molecule has 1 N–H and O–H groups in total. The maximum absolute atomic E-state index is 11.7. The van der Waals surface area contributed by atoms with E-state index in [9.17, 15) is 9.90 Å². The Bertz CT molecular complexity index is 618. The monoisotopic (exact) mass is 255 g/mol. The highest BCUT2D eigenvalue weighted by Gasteiger charge is 2.14. The zero-order valence-corrected chi connectivity index (χ0v) is 9.97. The van der Waals surface area contributed by atoms with E-state index in [1.165, 1.54) is 26.3 Å². The van der Waals surface area contributed by atoms with Crippen LogP contribution in [0.15, 0.2) is 23.0 Å². The smallest absolute Gasteiger partial charge is 0.351 e. The van der Waals surface area contributed by atoms with Gasteiger partial charge in [0.25, 0.3) is 0 Å². The van der Waals surface area contributed by atoms with Gasteiger partial charge in [-0.05, 0) is 23.7 Å². The van der Waals surface area contributed by atoms with E-state index in [0.717, 1.165) is 9.25 Å². The van der Waals surface area contributed by atoms with Gasteiger partial charge in [0.2, 0.25) is 5.28 Å². The lowest BCUT2D eigenvalue weighted by Gasteiger charge is -2.06. The molecule has 0 aliphatic rings. The third-order valence-electron chi connectivity index (χ3n) is 2.31. The minimum atomic E-state index is -0.435. The van der Waals surface area contributed by atoms with E-state index in [2.05, 4.69) is 5.10 Å². The van der Waals surface area contributed by atoms with Gasteiger partial charge in [-0.15, -0.1) is 5.10 Å². The summed E-state index contributed by atoms with van der Waals surface area (Å²) in [4.78, 5) is 11.7. The van der Waals surface area contributed by atoms with Crippen LogP contribution in [0.1, 0.15) is 0 Å². The van der Waals surface area contributed by atoms with Crippen LogP contribution in [0.2, 0.25) is 5.28 Å². The molecule has 0 saturated heterocycles. The van der Waals surface area contributed by atoms with Crippen molar-refractivity contribution in [3.05, 3.63) is 34.0 Å². The van der Waals surface area contributed by atoms with Crippen LogP contribution >= 0.6 is 11.6 Å². The number of halogens is 1. The first kappa shape index (κ1) is 11.5. The van der Waals surface area contributed by atoms with Gasteiger partial charge in [-0.25, -0.2) is 14.0 Å². The highest BCUT2D eigenvalue weighted by atomic mass is 35.5. The molecule has 2 rings (SSSR count).